The second kappa shape index (κ2) is 4.90. The third kappa shape index (κ3) is 3.34. The minimum atomic E-state index is 0.511. The lowest BCUT2D eigenvalue weighted by molar-refractivity contribution is -0.105. The van der Waals surface area contributed by atoms with E-state index >= 15 is 0 Å². The minimum Gasteiger partial charge on any atom is -0.405 e. The molecule has 0 radical (unpaired) electrons. The van der Waals surface area contributed by atoms with Crippen LogP contribution in [-0.2, 0) is 4.79 Å². The molecular weight excluding hydrogens is 116 g/mol. The van der Waals surface area contributed by atoms with Crippen LogP contribution < -0.4 is 11.1 Å². The van der Waals surface area contributed by atoms with E-state index in [1.54, 1.807) is 19.2 Å². The van der Waals surface area contributed by atoms with E-state index in [9.17, 15) is 4.79 Å². The average molecular weight is 126 g/mol. The Bertz CT molecular complexity index is 138. The predicted octanol–water partition coefficient (Wildman–Crippen LogP) is -0.239. The van der Waals surface area contributed by atoms with Gasteiger partial charge in [-0.3, -0.25) is 4.79 Å². The molecule has 0 rings (SSSR count). The molecule has 0 aromatic carbocycles. The van der Waals surface area contributed by atoms with Crippen LogP contribution in [-0.4, -0.2) is 13.3 Å². The van der Waals surface area contributed by atoms with Gasteiger partial charge in [0.1, 0.15) is 0 Å². The highest BCUT2D eigenvalue weighted by atomic mass is 16.1. The van der Waals surface area contributed by atoms with Gasteiger partial charge in [-0.1, -0.05) is 0 Å². The van der Waals surface area contributed by atoms with Gasteiger partial charge in [-0.2, -0.15) is 0 Å². The Morgan fingerprint density at radius 3 is 2.67 bits per heavy atom. The summed E-state index contributed by atoms with van der Waals surface area (Å²) >= 11 is 0. The van der Waals surface area contributed by atoms with Crippen molar-refractivity contribution in [3.63, 3.8) is 0 Å². The molecular formula is C6H10N2O. The van der Waals surface area contributed by atoms with E-state index in [1.807, 2.05) is 0 Å². The van der Waals surface area contributed by atoms with Crippen molar-refractivity contribution in [1.82, 2.24) is 5.32 Å². The smallest absolute Gasteiger partial charge is 0.165 e. The summed E-state index contributed by atoms with van der Waals surface area (Å²) in [6.07, 6.45) is 5.26. The van der Waals surface area contributed by atoms with Gasteiger partial charge in [-0.15, -0.1) is 0 Å². The van der Waals surface area contributed by atoms with E-state index in [0.717, 1.165) is 6.29 Å². The molecule has 9 heavy (non-hydrogen) atoms. The summed E-state index contributed by atoms with van der Waals surface area (Å²) in [5, 5.41) is 2.67. The molecule has 0 aliphatic heterocycles. The third-order valence-corrected chi connectivity index (χ3v) is 0.803. The Balaban J connectivity index is 3.90. The molecule has 0 unspecified atom stereocenters. The lowest BCUT2D eigenvalue weighted by Gasteiger charge is -1.91. The molecule has 50 valence electrons. The van der Waals surface area contributed by atoms with Crippen LogP contribution >= 0.6 is 0 Å². The Morgan fingerprint density at radius 1 is 1.67 bits per heavy atom. The second-order valence-electron chi connectivity index (χ2n) is 1.37. The summed E-state index contributed by atoms with van der Waals surface area (Å²) in [6, 6.07) is 0. The SMILES string of the molecule is CN/C(C=O)=C\C=C/N. The number of carbonyl (C=O) groups is 1. The highest BCUT2D eigenvalue weighted by Crippen LogP contribution is 1.80. The summed E-state index contributed by atoms with van der Waals surface area (Å²) in [5.41, 5.74) is 5.53. The van der Waals surface area contributed by atoms with Crippen molar-refractivity contribution >= 4 is 6.29 Å². The fourth-order valence-corrected chi connectivity index (χ4v) is 0.341. The normalized spacial score (nSPS) is 11.9. The van der Waals surface area contributed by atoms with Crippen LogP contribution in [0.1, 0.15) is 0 Å². The number of hydrogen-bond donors (Lipinski definition) is 2. The van der Waals surface area contributed by atoms with Crippen LogP contribution in [0.3, 0.4) is 0 Å². The quantitative estimate of drug-likeness (QED) is 0.312. The Kier molecular flexibility index (Phi) is 4.22. The number of aldehydes is 1. The van der Waals surface area contributed by atoms with Crippen LogP contribution in [0.5, 0.6) is 0 Å². The van der Waals surface area contributed by atoms with Gasteiger partial charge < -0.3 is 11.1 Å². The highest BCUT2D eigenvalue weighted by Gasteiger charge is 1.82. The highest BCUT2D eigenvalue weighted by molar-refractivity contribution is 5.72. The van der Waals surface area contributed by atoms with Crippen LogP contribution in [0.25, 0.3) is 0 Å². The zero-order valence-electron chi connectivity index (χ0n) is 5.29. The van der Waals surface area contributed by atoms with Gasteiger partial charge in [0, 0.05) is 7.05 Å². The van der Waals surface area contributed by atoms with Gasteiger partial charge in [-0.05, 0) is 18.4 Å². The molecule has 0 saturated heterocycles. The largest absolute Gasteiger partial charge is 0.405 e. The molecule has 3 nitrogen and oxygen atoms in total. The van der Waals surface area contributed by atoms with E-state index < -0.39 is 0 Å². The number of hydrogen-bond acceptors (Lipinski definition) is 3. The van der Waals surface area contributed by atoms with Gasteiger partial charge in [0.2, 0.25) is 0 Å². The molecule has 0 aliphatic carbocycles. The molecule has 0 heterocycles. The van der Waals surface area contributed by atoms with Crippen molar-refractivity contribution in [3.8, 4) is 0 Å². The number of carbonyl (C=O) groups excluding carboxylic acids is 1. The van der Waals surface area contributed by atoms with Gasteiger partial charge in [-0.25, -0.2) is 0 Å². The fourth-order valence-electron chi connectivity index (χ4n) is 0.341. The Labute approximate surface area is 54.2 Å². The van der Waals surface area contributed by atoms with Crippen LogP contribution in [0.2, 0.25) is 0 Å². The van der Waals surface area contributed by atoms with Crippen molar-refractivity contribution < 1.29 is 4.79 Å². The maximum atomic E-state index is 10.0. The van der Waals surface area contributed by atoms with Crippen LogP contribution in [0.15, 0.2) is 24.0 Å². The first-order valence-corrected chi connectivity index (χ1v) is 2.56. The first kappa shape index (κ1) is 7.75. The molecule has 0 saturated carbocycles. The zero-order valence-corrected chi connectivity index (χ0v) is 5.29. The first-order chi connectivity index (χ1) is 4.35. The van der Waals surface area contributed by atoms with E-state index in [4.69, 9.17) is 5.73 Å². The van der Waals surface area contributed by atoms with E-state index in [1.165, 1.54) is 6.20 Å². The summed E-state index contributed by atoms with van der Waals surface area (Å²) in [4.78, 5) is 10.0. The van der Waals surface area contributed by atoms with Gasteiger partial charge in [0.05, 0.1) is 5.70 Å². The molecule has 0 atom stereocenters. The molecule has 0 aromatic rings. The van der Waals surface area contributed by atoms with Crippen LogP contribution in [0.4, 0.5) is 0 Å². The number of nitrogens with one attached hydrogen (secondary N) is 1. The maximum absolute atomic E-state index is 10.0. The second-order valence-corrected chi connectivity index (χ2v) is 1.37. The summed E-state index contributed by atoms with van der Waals surface area (Å²) < 4.78 is 0. The van der Waals surface area contributed by atoms with E-state index in [-0.39, 0.29) is 0 Å². The topological polar surface area (TPSA) is 55.1 Å². The monoisotopic (exact) mass is 126 g/mol. The average Bonchev–Trinajstić information content (AvgIpc) is 1.91. The Hall–Kier alpha value is -1.25. The predicted molar refractivity (Wildman–Crippen MR) is 36.5 cm³/mol. The number of rotatable bonds is 3. The lowest BCUT2D eigenvalue weighted by atomic mass is 10.4. The zero-order chi connectivity index (χ0) is 7.11. The van der Waals surface area contributed by atoms with Crippen molar-refractivity contribution in [3.05, 3.63) is 24.0 Å². The molecule has 0 bridgehead atoms. The summed E-state index contributed by atoms with van der Waals surface area (Å²) in [6.45, 7) is 0. The number of allylic oxidation sites excluding steroid dienone is 3. The maximum Gasteiger partial charge on any atom is 0.165 e. The summed E-state index contributed by atoms with van der Waals surface area (Å²) in [5.74, 6) is 0. The number of likely N-dealkylation sites (N-methyl/N-ethyl adjacent to an activating group) is 1. The van der Waals surface area contributed by atoms with E-state index in [0.29, 0.717) is 5.70 Å². The summed E-state index contributed by atoms with van der Waals surface area (Å²) in [7, 11) is 1.67. The molecule has 0 aromatic heterocycles. The fraction of sp³-hybridized carbons (Fsp3) is 0.167. The minimum absolute atomic E-state index is 0.511. The molecule has 0 aliphatic rings. The Morgan fingerprint density at radius 2 is 2.33 bits per heavy atom. The van der Waals surface area contributed by atoms with Gasteiger partial charge in [0.15, 0.2) is 6.29 Å². The van der Waals surface area contributed by atoms with Crippen LogP contribution in [0, 0.1) is 0 Å². The molecule has 0 amide bonds. The van der Waals surface area contributed by atoms with Gasteiger partial charge in [0.25, 0.3) is 0 Å². The van der Waals surface area contributed by atoms with Crippen molar-refractivity contribution in [2.75, 3.05) is 7.05 Å². The number of nitrogens with two attached hydrogens (primary N) is 1. The van der Waals surface area contributed by atoms with E-state index in [2.05, 4.69) is 5.32 Å². The van der Waals surface area contributed by atoms with Gasteiger partial charge >= 0.3 is 0 Å². The molecule has 3 N–H and O–H groups in total. The third-order valence-electron chi connectivity index (χ3n) is 0.803. The standard InChI is InChI=1S/C6H10N2O/c1-8-6(5-9)3-2-4-7/h2-5,8H,7H2,1H3/b4-2-,6-3-. The first-order valence-electron chi connectivity index (χ1n) is 2.56. The van der Waals surface area contributed by atoms with Crippen molar-refractivity contribution in [2.45, 2.75) is 0 Å². The van der Waals surface area contributed by atoms with Crippen molar-refractivity contribution in [1.29, 1.82) is 0 Å². The molecule has 0 spiro atoms. The van der Waals surface area contributed by atoms with Crippen molar-refractivity contribution in [2.24, 2.45) is 5.73 Å². The molecule has 0 fully saturated rings. The lowest BCUT2D eigenvalue weighted by Crippen LogP contribution is -2.05. The molecule has 3 heteroatoms.